The Balaban J connectivity index is 2.38. The summed E-state index contributed by atoms with van der Waals surface area (Å²) in [6.45, 7) is 6.92. The molecule has 104 valence electrons. The summed E-state index contributed by atoms with van der Waals surface area (Å²) in [5, 5.41) is 12.0. The van der Waals surface area contributed by atoms with Gasteiger partial charge < -0.3 is 15.3 Å². The van der Waals surface area contributed by atoms with Crippen LogP contribution in [0.4, 0.5) is 0 Å². The molecule has 0 amide bonds. The van der Waals surface area contributed by atoms with Crippen LogP contribution in [0.15, 0.2) is 23.5 Å². The van der Waals surface area contributed by atoms with Crippen LogP contribution in [0.1, 0.15) is 39.5 Å². The molecule has 1 aliphatic heterocycles. The van der Waals surface area contributed by atoms with Gasteiger partial charge in [-0.25, -0.2) is 0 Å². The first kappa shape index (κ1) is 15.1. The van der Waals surface area contributed by atoms with Crippen molar-refractivity contribution in [2.75, 3.05) is 26.7 Å². The first-order valence-corrected chi connectivity index (χ1v) is 7.06. The van der Waals surface area contributed by atoms with Gasteiger partial charge in [-0.3, -0.25) is 0 Å². The minimum absolute atomic E-state index is 0.341. The van der Waals surface area contributed by atoms with E-state index in [4.69, 9.17) is 5.11 Å². The Bertz CT molecular complexity index is 289. The van der Waals surface area contributed by atoms with Crippen molar-refractivity contribution in [1.29, 1.82) is 0 Å². The van der Waals surface area contributed by atoms with Crippen molar-refractivity contribution < 1.29 is 5.11 Å². The Morgan fingerprint density at radius 1 is 1.28 bits per heavy atom. The monoisotopic (exact) mass is 252 g/mol. The number of piperidine rings is 1. The standard InChI is InChI=1S/C15H28N2O/c1-13(16-3)6-7-14(2)17-10-8-15(9-11-17)5-4-12-18/h6-7,15-16,18H,4-5,8-12H2,1-3H3/b13-6-,14-7+. The van der Waals surface area contributed by atoms with Gasteiger partial charge in [0.2, 0.25) is 0 Å². The summed E-state index contributed by atoms with van der Waals surface area (Å²) in [4.78, 5) is 2.47. The molecule has 0 aromatic rings. The predicted octanol–water partition coefficient (Wildman–Crippen LogP) is 2.50. The van der Waals surface area contributed by atoms with Gasteiger partial charge in [0, 0.05) is 38.1 Å². The SMILES string of the molecule is CN/C(C)=C\C=C(/C)N1CCC(CCCO)CC1. The lowest BCUT2D eigenvalue weighted by molar-refractivity contribution is 0.202. The number of hydrogen-bond donors (Lipinski definition) is 2. The molecule has 1 saturated heterocycles. The average Bonchev–Trinajstić information content (AvgIpc) is 2.42. The highest BCUT2D eigenvalue weighted by Gasteiger charge is 2.18. The van der Waals surface area contributed by atoms with E-state index in [-0.39, 0.29) is 0 Å². The van der Waals surface area contributed by atoms with E-state index in [2.05, 4.69) is 36.2 Å². The lowest BCUT2D eigenvalue weighted by atomic mass is 9.92. The summed E-state index contributed by atoms with van der Waals surface area (Å²) >= 11 is 0. The van der Waals surface area contributed by atoms with E-state index >= 15 is 0 Å². The minimum atomic E-state index is 0.341. The molecule has 0 radical (unpaired) electrons. The molecule has 0 saturated carbocycles. The average molecular weight is 252 g/mol. The van der Waals surface area contributed by atoms with Gasteiger partial charge in [0.05, 0.1) is 0 Å². The topological polar surface area (TPSA) is 35.5 Å². The zero-order valence-corrected chi connectivity index (χ0v) is 12.1. The molecule has 0 atom stereocenters. The van der Waals surface area contributed by atoms with Gasteiger partial charge in [-0.15, -0.1) is 0 Å². The number of rotatable bonds is 6. The van der Waals surface area contributed by atoms with Crippen LogP contribution in [-0.4, -0.2) is 36.8 Å². The Morgan fingerprint density at radius 3 is 2.50 bits per heavy atom. The molecule has 0 bridgehead atoms. The third-order valence-electron chi connectivity index (χ3n) is 3.85. The van der Waals surface area contributed by atoms with Crippen molar-refractivity contribution in [3.05, 3.63) is 23.5 Å². The zero-order chi connectivity index (χ0) is 13.4. The van der Waals surface area contributed by atoms with Crippen molar-refractivity contribution in [2.45, 2.75) is 39.5 Å². The van der Waals surface area contributed by atoms with E-state index in [0.717, 1.165) is 25.4 Å². The number of hydrogen-bond acceptors (Lipinski definition) is 3. The molecular formula is C15H28N2O. The van der Waals surface area contributed by atoms with Crippen LogP contribution in [0.3, 0.4) is 0 Å². The Morgan fingerprint density at radius 2 is 1.94 bits per heavy atom. The number of aliphatic hydroxyl groups is 1. The van der Waals surface area contributed by atoms with Gasteiger partial charge >= 0.3 is 0 Å². The molecule has 2 N–H and O–H groups in total. The molecule has 0 aromatic carbocycles. The van der Waals surface area contributed by atoms with Crippen molar-refractivity contribution in [3.8, 4) is 0 Å². The Labute approximate surface area is 112 Å². The fourth-order valence-corrected chi connectivity index (χ4v) is 2.39. The van der Waals surface area contributed by atoms with Gasteiger partial charge in [0.25, 0.3) is 0 Å². The van der Waals surface area contributed by atoms with Gasteiger partial charge in [-0.05, 0) is 57.6 Å². The quantitative estimate of drug-likeness (QED) is 0.713. The molecule has 1 fully saturated rings. The van der Waals surface area contributed by atoms with Gasteiger partial charge in [0.1, 0.15) is 0 Å². The van der Waals surface area contributed by atoms with E-state index < -0.39 is 0 Å². The second-order valence-electron chi connectivity index (χ2n) is 5.20. The molecule has 1 heterocycles. The molecule has 1 aliphatic rings. The Hall–Kier alpha value is -0.960. The molecule has 1 rings (SSSR count). The Kier molecular flexibility index (Phi) is 6.88. The van der Waals surface area contributed by atoms with Gasteiger partial charge in [-0.2, -0.15) is 0 Å². The summed E-state index contributed by atoms with van der Waals surface area (Å²) in [5.41, 5.74) is 2.54. The summed E-state index contributed by atoms with van der Waals surface area (Å²) in [6, 6.07) is 0. The second-order valence-corrected chi connectivity index (χ2v) is 5.20. The number of allylic oxidation sites excluding steroid dienone is 4. The fraction of sp³-hybridized carbons (Fsp3) is 0.733. The van der Waals surface area contributed by atoms with E-state index in [9.17, 15) is 0 Å². The van der Waals surface area contributed by atoms with Crippen LogP contribution in [0, 0.1) is 5.92 Å². The van der Waals surface area contributed by atoms with Gasteiger partial charge in [-0.1, -0.05) is 0 Å². The number of nitrogens with zero attached hydrogens (tertiary/aromatic N) is 1. The number of aliphatic hydroxyl groups excluding tert-OH is 1. The maximum absolute atomic E-state index is 8.85. The summed E-state index contributed by atoms with van der Waals surface area (Å²) < 4.78 is 0. The predicted molar refractivity (Wildman–Crippen MR) is 77.2 cm³/mol. The summed E-state index contributed by atoms with van der Waals surface area (Å²) in [7, 11) is 1.95. The molecular weight excluding hydrogens is 224 g/mol. The van der Waals surface area contributed by atoms with Crippen LogP contribution in [0.25, 0.3) is 0 Å². The molecule has 3 nitrogen and oxygen atoms in total. The lowest BCUT2D eigenvalue weighted by Gasteiger charge is -2.34. The first-order chi connectivity index (χ1) is 8.67. The summed E-state index contributed by atoms with van der Waals surface area (Å²) in [6.07, 6.45) is 9.00. The van der Waals surface area contributed by atoms with Crippen LogP contribution in [-0.2, 0) is 0 Å². The zero-order valence-electron chi connectivity index (χ0n) is 12.1. The highest BCUT2D eigenvalue weighted by atomic mass is 16.2. The molecule has 3 heteroatoms. The van der Waals surface area contributed by atoms with Crippen LogP contribution in [0.2, 0.25) is 0 Å². The van der Waals surface area contributed by atoms with Crippen LogP contribution < -0.4 is 5.32 Å². The molecule has 0 aromatic heterocycles. The molecule has 0 spiro atoms. The van der Waals surface area contributed by atoms with Crippen molar-refractivity contribution >= 4 is 0 Å². The minimum Gasteiger partial charge on any atom is -0.396 e. The van der Waals surface area contributed by atoms with E-state index in [0.29, 0.717) is 6.61 Å². The van der Waals surface area contributed by atoms with Crippen LogP contribution in [0.5, 0.6) is 0 Å². The highest BCUT2D eigenvalue weighted by Crippen LogP contribution is 2.23. The van der Waals surface area contributed by atoms with E-state index in [1.54, 1.807) is 0 Å². The number of likely N-dealkylation sites (tertiary alicyclic amines) is 1. The van der Waals surface area contributed by atoms with Gasteiger partial charge in [0.15, 0.2) is 0 Å². The smallest absolute Gasteiger partial charge is 0.0431 e. The van der Waals surface area contributed by atoms with Crippen molar-refractivity contribution in [1.82, 2.24) is 10.2 Å². The largest absolute Gasteiger partial charge is 0.396 e. The summed E-state index contributed by atoms with van der Waals surface area (Å²) in [5.74, 6) is 0.816. The first-order valence-electron chi connectivity index (χ1n) is 7.06. The van der Waals surface area contributed by atoms with Crippen LogP contribution >= 0.6 is 0 Å². The molecule has 18 heavy (non-hydrogen) atoms. The normalized spacial score (nSPS) is 19.2. The third-order valence-corrected chi connectivity index (χ3v) is 3.85. The molecule has 0 unspecified atom stereocenters. The van der Waals surface area contributed by atoms with Crippen molar-refractivity contribution in [2.24, 2.45) is 5.92 Å². The third kappa shape index (κ3) is 5.13. The maximum Gasteiger partial charge on any atom is 0.0431 e. The highest BCUT2D eigenvalue weighted by molar-refractivity contribution is 5.14. The van der Waals surface area contributed by atoms with Crippen molar-refractivity contribution in [3.63, 3.8) is 0 Å². The second kappa shape index (κ2) is 8.20. The van der Waals surface area contributed by atoms with E-state index in [1.807, 2.05) is 7.05 Å². The van der Waals surface area contributed by atoms with E-state index in [1.165, 1.54) is 30.7 Å². The fourth-order valence-electron chi connectivity index (χ4n) is 2.39. The lowest BCUT2D eigenvalue weighted by Crippen LogP contribution is -2.32. The molecule has 0 aliphatic carbocycles. The number of nitrogens with one attached hydrogen (secondary N) is 1. The maximum atomic E-state index is 8.85.